The number of hydrogen-bond donors (Lipinski definition) is 2. The van der Waals surface area contributed by atoms with E-state index in [0.717, 1.165) is 38.0 Å². The zero-order chi connectivity index (χ0) is 16.5. The molecule has 2 rings (SSSR count). The van der Waals surface area contributed by atoms with Crippen LogP contribution in [0.1, 0.15) is 18.4 Å². The summed E-state index contributed by atoms with van der Waals surface area (Å²) in [6.45, 7) is 2.49. The largest absolute Gasteiger partial charge is 0.493 e. The predicted octanol–water partition coefficient (Wildman–Crippen LogP) is 1.13. The Labute approximate surface area is 137 Å². The number of methoxy groups -OCH3 is 2. The monoisotopic (exact) mass is 322 g/mol. The molecule has 0 aliphatic carbocycles. The number of nitrogens with one attached hydrogen (secondary N) is 2. The third-order valence-electron chi connectivity index (χ3n) is 3.87. The molecule has 1 aliphatic heterocycles. The molecule has 1 aromatic carbocycles. The SMILES string of the molecule is COc1ccc(CCNC(=O)CNC[C@@H]2CCCO2)cc1OC. The van der Waals surface area contributed by atoms with Crippen LogP contribution in [-0.2, 0) is 16.0 Å². The highest BCUT2D eigenvalue weighted by Crippen LogP contribution is 2.27. The molecule has 1 aromatic rings. The molecule has 0 saturated carbocycles. The quantitative estimate of drug-likeness (QED) is 0.713. The van der Waals surface area contributed by atoms with Crippen LogP contribution < -0.4 is 20.1 Å². The Bertz CT molecular complexity index is 501. The molecule has 6 nitrogen and oxygen atoms in total. The van der Waals surface area contributed by atoms with Crippen LogP contribution in [0.2, 0.25) is 0 Å². The molecule has 1 heterocycles. The van der Waals surface area contributed by atoms with Gasteiger partial charge in [-0.05, 0) is 37.0 Å². The second-order valence-electron chi connectivity index (χ2n) is 5.56. The number of hydrogen-bond acceptors (Lipinski definition) is 5. The first-order valence-corrected chi connectivity index (χ1v) is 8.03. The van der Waals surface area contributed by atoms with Crippen LogP contribution in [-0.4, -0.2) is 52.5 Å². The summed E-state index contributed by atoms with van der Waals surface area (Å²) in [5, 5.41) is 6.04. The average molecular weight is 322 g/mol. The van der Waals surface area contributed by atoms with Crippen molar-refractivity contribution in [2.24, 2.45) is 0 Å². The highest BCUT2D eigenvalue weighted by molar-refractivity contribution is 5.77. The van der Waals surface area contributed by atoms with Gasteiger partial charge in [-0.1, -0.05) is 6.07 Å². The summed E-state index contributed by atoms with van der Waals surface area (Å²) in [7, 11) is 3.23. The van der Waals surface area contributed by atoms with Crippen molar-refractivity contribution >= 4 is 5.91 Å². The van der Waals surface area contributed by atoms with Gasteiger partial charge in [0.05, 0.1) is 26.9 Å². The molecule has 0 radical (unpaired) electrons. The third-order valence-corrected chi connectivity index (χ3v) is 3.87. The summed E-state index contributed by atoms with van der Waals surface area (Å²) in [5.74, 6) is 1.41. The predicted molar refractivity (Wildman–Crippen MR) is 88.1 cm³/mol. The van der Waals surface area contributed by atoms with Gasteiger partial charge in [0.25, 0.3) is 0 Å². The van der Waals surface area contributed by atoms with E-state index in [1.165, 1.54) is 0 Å². The lowest BCUT2D eigenvalue weighted by Gasteiger charge is -2.11. The molecule has 0 bridgehead atoms. The maximum Gasteiger partial charge on any atom is 0.233 e. The molecule has 23 heavy (non-hydrogen) atoms. The number of carbonyl (C=O) groups is 1. The Hall–Kier alpha value is -1.79. The first-order chi connectivity index (χ1) is 11.2. The van der Waals surface area contributed by atoms with Crippen LogP contribution in [0.15, 0.2) is 18.2 Å². The van der Waals surface area contributed by atoms with Crippen LogP contribution in [0.3, 0.4) is 0 Å². The molecule has 1 saturated heterocycles. The lowest BCUT2D eigenvalue weighted by molar-refractivity contribution is -0.120. The average Bonchev–Trinajstić information content (AvgIpc) is 3.08. The minimum Gasteiger partial charge on any atom is -0.493 e. The van der Waals surface area contributed by atoms with E-state index in [-0.39, 0.29) is 12.0 Å². The molecular weight excluding hydrogens is 296 g/mol. The van der Waals surface area contributed by atoms with Crippen molar-refractivity contribution in [1.82, 2.24) is 10.6 Å². The zero-order valence-electron chi connectivity index (χ0n) is 13.9. The molecular formula is C17H26N2O4. The number of benzene rings is 1. The lowest BCUT2D eigenvalue weighted by Crippen LogP contribution is -2.37. The number of carbonyl (C=O) groups excluding carboxylic acids is 1. The highest BCUT2D eigenvalue weighted by Gasteiger charge is 2.15. The number of rotatable bonds is 9. The van der Waals surface area contributed by atoms with Gasteiger partial charge in [-0.25, -0.2) is 0 Å². The summed E-state index contributed by atoms with van der Waals surface area (Å²) < 4.78 is 16.0. The minimum absolute atomic E-state index is 0.00322. The molecule has 1 atom stereocenters. The van der Waals surface area contributed by atoms with Gasteiger partial charge in [0, 0.05) is 19.7 Å². The molecule has 0 aromatic heterocycles. The van der Waals surface area contributed by atoms with Gasteiger partial charge in [-0.3, -0.25) is 4.79 Å². The summed E-state index contributed by atoms with van der Waals surface area (Å²) in [5.41, 5.74) is 1.09. The second kappa shape index (κ2) is 9.37. The van der Waals surface area contributed by atoms with E-state index in [1.54, 1.807) is 14.2 Å². The van der Waals surface area contributed by atoms with E-state index in [2.05, 4.69) is 10.6 Å². The van der Waals surface area contributed by atoms with Crippen LogP contribution in [0.4, 0.5) is 0 Å². The summed E-state index contributed by atoms with van der Waals surface area (Å²) in [4.78, 5) is 11.8. The second-order valence-corrected chi connectivity index (χ2v) is 5.56. The highest BCUT2D eigenvalue weighted by atomic mass is 16.5. The Morgan fingerprint density at radius 2 is 2.13 bits per heavy atom. The van der Waals surface area contributed by atoms with Gasteiger partial charge in [0.2, 0.25) is 5.91 Å². The molecule has 1 fully saturated rings. The van der Waals surface area contributed by atoms with Gasteiger partial charge in [0.15, 0.2) is 11.5 Å². The van der Waals surface area contributed by atoms with Crippen molar-refractivity contribution in [2.75, 3.05) is 40.5 Å². The van der Waals surface area contributed by atoms with Crippen molar-refractivity contribution in [3.05, 3.63) is 23.8 Å². The van der Waals surface area contributed by atoms with E-state index in [1.807, 2.05) is 18.2 Å². The van der Waals surface area contributed by atoms with Crippen LogP contribution in [0, 0.1) is 0 Å². The fourth-order valence-corrected chi connectivity index (χ4v) is 2.60. The number of ether oxygens (including phenoxy) is 3. The van der Waals surface area contributed by atoms with Gasteiger partial charge in [-0.15, -0.1) is 0 Å². The van der Waals surface area contributed by atoms with Crippen LogP contribution in [0.5, 0.6) is 11.5 Å². The lowest BCUT2D eigenvalue weighted by atomic mass is 10.1. The topological polar surface area (TPSA) is 68.8 Å². The summed E-state index contributed by atoms with van der Waals surface area (Å²) in [6.07, 6.45) is 3.20. The number of amides is 1. The Kier molecular flexibility index (Phi) is 7.16. The first kappa shape index (κ1) is 17.6. The Morgan fingerprint density at radius 3 is 2.83 bits per heavy atom. The van der Waals surface area contributed by atoms with Crippen molar-refractivity contribution in [1.29, 1.82) is 0 Å². The molecule has 0 unspecified atom stereocenters. The maximum absolute atomic E-state index is 11.8. The van der Waals surface area contributed by atoms with E-state index in [4.69, 9.17) is 14.2 Å². The van der Waals surface area contributed by atoms with E-state index in [9.17, 15) is 4.79 Å². The Balaban J connectivity index is 1.64. The maximum atomic E-state index is 11.8. The molecule has 0 spiro atoms. The zero-order valence-corrected chi connectivity index (χ0v) is 13.9. The molecule has 1 aliphatic rings. The summed E-state index contributed by atoms with van der Waals surface area (Å²) >= 11 is 0. The van der Waals surface area contributed by atoms with Crippen molar-refractivity contribution in [3.63, 3.8) is 0 Å². The van der Waals surface area contributed by atoms with Gasteiger partial charge in [-0.2, -0.15) is 0 Å². The fourth-order valence-electron chi connectivity index (χ4n) is 2.60. The van der Waals surface area contributed by atoms with Gasteiger partial charge in [0.1, 0.15) is 0 Å². The van der Waals surface area contributed by atoms with Gasteiger partial charge < -0.3 is 24.8 Å². The smallest absolute Gasteiger partial charge is 0.233 e. The van der Waals surface area contributed by atoms with E-state index in [0.29, 0.717) is 24.6 Å². The fraction of sp³-hybridized carbons (Fsp3) is 0.588. The third kappa shape index (κ3) is 5.73. The standard InChI is InChI=1S/C17H26N2O4/c1-21-15-6-5-13(10-16(15)22-2)7-8-19-17(20)12-18-11-14-4-3-9-23-14/h5-6,10,14,18H,3-4,7-9,11-12H2,1-2H3,(H,19,20)/t14-/m0/s1. The van der Waals surface area contributed by atoms with Crippen LogP contribution >= 0.6 is 0 Å². The first-order valence-electron chi connectivity index (χ1n) is 8.03. The van der Waals surface area contributed by atoms with Crippen LogP contribution in [0.25, 0.3) is 0 Å². The molecule has 128 valence electrons. The Morgan fingerprint density at radius 1 is 1.30 bits per heavy atom. The van der Waals surface area contributed by atoms with Crippen molar-refractivity contribution in [2.45, 2.75) is 25.4 Å². The van der Waals surface area contributed by atoms with E-state index >= 15 is 0 Å². The van der Waals surface area contributed by atoms with Crippen molar-refractivity contribution in [3.8, 4) is 11.5 Å². The molecule has 2 N–H and O–H groups in total. The van der Waals surface area contributed by atoms with Crippen molar-refractivity contribution < 1.29 is 19.0 Å². The molecule has 1 amide bonds. The van der Waals surface area contributed by atoms with E-state index < -0.39 is 0 Å². The van der Waals surface area contributed by atoms with Gasteiger partial charge >= 0.3 is 0 Å². The molecule has 6 heteroatoms. The minimum atomic E-state index is 0.00322. The normalized spacial score (nSPS) is 17.0. The summed E-state index contributed by atoms with van der Waals surface area (Å²) in [6, 6.07) is 5.78.